The highest BCUT2D eigenvalue weighted by Gasteiger charge is 2.26. The molecule has 0 amide bonds. The maximum absolute atomic E-state index is 9.48. The monoisotopic (exact) mass is 486 g/mol. The van der Waals surface area contributed by atoms with E-state index in [2.05, 4.69) is 22.5 Å². The topological polar surface area (TPSA) is 59.9 Å². The molecule has 152 valence electrons. The lowest BCUT2D eigenvalue weighted by molar-refractivity contribution is 0.275. The van der Waals surface area contributed by atoms with Gasteiger partial charge in [-0.25, -0.2) is 4.99 Å². The van der Waals surface area contributed by atoms with E-state index >= 15 is 0 Å². The summed E-state index contributed by atoms with van der Waals surface area (Å²) in [6, 6.07) is 8.44. The summed E-state index contributed by atoms with van der Waals surface area (Å²) in [5.74, 6) is 1.80. The molecule has 1 aliphatic carbocycles. The van der Waals surface area contributed by atoms with Crippen LogP contribution in [-0.4, -0.2) is 48.2 Å². The largest absolute Gasteiger partial charge is 0.392 e. The van der Waals surface area contributed by atoms with Crippen molar-refractivity contribution >= 4 is 29.9 Å². The van der Waals surface area contributed by atoms with Crippen molar-refractivity contribution < 1.29 is 5.11 Å². The molecule has 3 rings (SSSR count). The van der Waals surface area contributed by atoms with E-state index in [1.807, 2.05) is 24.3 Å². The first-order valence-corrected chi connectivity index (χ1v) is 10.2. The van der Waals surface area contributed by atoms with E-state index in [9.17, 15) is 5.11 Å². The number of nitrogens with zero attached hydrogens (tertiary/aromatic N) is 2. The summed E-state index contributed by atoms with van der Waals surface area (Å²) < 4.78 is 0. The number of guanidine groups is 1. The van der Waals surface area contributed by atoms with Crippen molar-refractivity contribution in [1.29, 1.82) is 0 Å². The second-order valence-electron chi connectivity index (χ2n) is 7.66. The van der Waals surface area contributed by atoms with Crippen molar-refractivity contribution in [3.05, 3.63) is 35.4 Å². The fourth-order valence-electron chi connectivity index (χ4n) is 4.22. The molecule has 6 heteroatoms. The Hall–Kier alpha value is -0.860. The number of nitrogens with one attached hydrogen (secondary N) is 2. The lowest BCUT2D eigenvalue weighted by atomic mass is 10.1. The highest BCUT2D eigenvalue weighted by atomic mass is 127. The Morgan fingerprint density at radius 3 is 2.63 bits per heavy atom. The van der Waals surface area contributed by atoms with E-state index in [4.69, 9.17) is 4.99 Å². The lowest BCUT2D eigenvalue weighted by Gasteiger charge is -2.21. The average molecular weight is 486 g/mol. The van der Waals surface area contributed by atoms with Crippen LogP contribution in [0.15, 0.2) is 29.3 Å². The third-order valence-corrected chi connectivity index (χ3v) is 5.64. The van der Waals surface area contributed by atoms with Crippen LogP contribution in [0.3, 0.4) is 0 Å². The molecule has 1 saturated heterocycles. The molecule has 0 spiro atoms. The fourth-order valence-corrected chi connectivity index (χ4v) is 4.22. The van der Waals surface area contributed by atoms with Gasteiger partial charge in [-0.2, -0.15) is 0 Å². The van der Waals surface area contributed by atoms with Crippen LogP contribution in [0.25, 0.3) is 0 Å². The van der Waals surface area contributed by atoms with Gasteiger partial charge < -0.3 is 20.6 Å². The van der Waals surface area contributed by atoms with Crippen LogP contribution in [0.4, 0.5) is 0 Å². The maximum atomic E-state index is 9.48. The Bertz CT molecular complexity index is 589. The minimum absolute atomic E-state index is 0. The van der Waals surface area contributed by atoms with Gasteiger partial charge in [0.1, 0.15) is 0 Å². The number of halogens is 1. The number of aliphatic hydroxyl groups excluding tert-OH is 1. The van der Waals surface area contributed by atoms with E-state index in [-0.39, 0.29) is 30.6 Å². The number of likely N-dealkylation sites (tertiary alicyclic amines) is 1. The van der Waals surface area contributed by atoms with Crippen LogP contribution in [0.5, 0.6) is 0 Å². The molecular weight excluding hydrogens is 451 g/mol. The molecule has 3 N–H and O–H groups in total. The highest BCUT2D eigenvalue weighted by Crippen LogP contribution is 2.26. The number of rotatable bonds is 7. The fraction of sp³-hybridized carbons (Fsp3) is 0.667. The maximum Gasteiger partial charge on any atom is 0.191 e. The molecular formula is C21H35IN4O. The predicted molar refractivity (Wildman–Crippen MR) is 123 cm³/mol. The van der Waals surface area contributed by atoms with Gasteiger partial charge in [0.05, 0.1) is 13.2 Å². The summed E-state index contributed by atoms with van der Waals surface area (Å²) in [6.07, 6.45) is 6.87. The predicted octanol–water partition coefficient (Wildman–Crippen LogP) is 3.12. The molecule has 1 unspecified atom stereocenters. The number of benzene rings is 1. The van der Waals surface area contributed by atoms with Crippen LogP contribution in [0.1, 0.15) is 50.2 Å². The lowest BCUT2D eigenvalue weighted by Crippen LogP contribution is -2.44. The van der Waals surface area contributed by atoms with Crippen LogP contribution in [0, 0.1) is 5.92 Å². The first-order chi connectivity index (χ1) is 12.8. The third-order valence-electron chi connectivity index (χ3n) is 5.64. The molecule has 0 bridgehead atoms. The molecule has 1 saturated carbocycles. The number of hydrogen-bond donors (Lipinski definition) is 3. The Labute approximate surface area is 181 Å². The zero-order chi connectivity index (χ0) is 18.2. The summed E-state index contributed by atoms with van der Waals surface area (Å²) in [6.45, 7) is 7.19. The van der Waals surface area contributed by atoms with Gasteiger partial charge in [-0.1, -0.05) is 37.1 Å². The van der Waals surface area contributed by atoms with Crippen molar-refractivity contribution in [1.82, 2.24) is 15.5 Å². The summed E-state index contributed by atoms with van der Waals surface area (Å²) in [5, 5.41) is 16.5. The minimum Gasteiger partial charge on any atom is -0.392 e. The summed E-state index contributed by atoms with van der Waals surface area (Å²) >= 11 is 0. The Morgan fingerprint density at radius 1 is 1.19 bits per heavy atom. The molecule has 0 aromatic heterocycles. The molecule has 1 aromatic carbocycles. The first-order valence-electron chi connectivity index (χ1n) is 10.2. The van der Waals surface area contributed by atoms with Crippen molar-refractivity contribution in [3.8, 4) is 0 Å². The van der Waals surface area contributed by atoms with Gasteiger partial charge in [0, 0.05) is 32.2 Å². The summed E-state index contributed by atoms with van der Waals surface area (Å²) in [4.78, 5) is 7.37. The van der Waals surface area contributed by atoms with Gasteiger partial charge in [0.25, 0.3) is 0 Å². The van der Waals surface area contributed by atoms with Gasteiger partial charge in [0.15, 0.2) is 5.96 Å². The van der Waals surface area contributed by atoms with Gasteiger partial charge in [0.2, 0.25) is 0 Å². The highest BCUT2D eigenvalue weighted by molar-refractivity contribution is 14.0. The van der Waals surface area contributed by atoms with E-state index in [0.717, 1.165) is 36.1 Å². The molecule has 2 fully saturated rings. The summed E-state index contributed by atoms with van der Waals surface area (Å²) in [5.41, 5.74) is 2.04. The molecule has 1 aliphatic heterocycles. The van der Waals surface area contributed by atoms with Crippen molar-refractivity contribution in [3.63, 3.8) is 0 Å². The standard InChI is InChI=1S/C21H34N4O.HI/c1-2-22-21(23-13-18-9-5-6-10-19(18)16-26)24-20-11-12-25(15-20)14-17-7-3-4-8-17;/h5-6,9-10,17,20,26H,2-4,7-8,11-16H2,1H3,(H2,22,23,24);1H. The molecule has 2 aliphatic rings. The van der Waals surface area contributed by atoms with Gasteiger partial charge >= 0.3 is 0 Å². The van der Waals surface area contributed by atoms with Crippen LogP contribution in [0.2, 0.25) is 0 Å². The van der Waals surface area contributed by atoms with E-state index < -0.39 is 0 Å². The van der Waals surface area contributed by atoms with E-state index in [1.165, 1.54) is 45.2 Å². The molecule has 1 heterocycles. The molecule has 1 aromatic rings. The second kappa shape index (κ2) is 11.9. The van der Waals surface area contributed by atoms with Crippen LogP contribution in [-0.2, 0) is 13.2 Å². The molecule has 0 radical (unpaired) electrons. The van der Waals surface area contributed by atoms with Gasteiger partial charge in [-0.05, 0) is 43.2 Å². The summed E-state index contributed by atoms with van der Waals surface area (Å²) in [7, 11) is 0. The zero-order valence-corrected chi connectivity index (χ0v) is 18.8. The van der Waals surface area contributed by atoms with E-state index in [1.54, 1.807) is 0 Å². The Kier molecular flexibility index (Phi) is 9.86. The second-order valence-corrected chi connectivity index (χ2v) is 7.66. The van der Waals surface area contributed by atoms with Gasteiger partial charge in [-0.3, -0.25) is 0 Å². The van der Waals surface area contributed by atoms with Gasteiger partial charge in [-0.15, -0.1) is 24.0 Å². The SMILES string of the molecule is CCNC(=NCc1ccccc1CO)NC1CCN(CC2CCCC2)C1.I. The van der Waals surface area contributed by atoms with Crippen LogP contribution < -0.4 is 10.6 Å². The number of hydrogen-bond acceptors (Lipinski definition) is 3. The molecule has 5 nitrogen and oxygen atoms in total. The Morgan fingerprint density at radius 2 is 1.93 bits per heavy atom. The van der Waals surface area contributed by atoms with Crippen molar-refractivity contribution in [2.24, 2.45) is 10.9 Å². The Balaban J connectivity index is 0.00000261. The molecule has 1 atom stereocenters. The quantitative estimate of drug-likeness (QED) is 0.315. The van der Waals surface area contributed by atoms with Crippen LogP contribution >= 0.6 is 24.0 Å². The van der Waals surface area contributed by atoms with Crippen molar-refractivity contribution in [2.75, 3.05) is 26.2 Å². The zero-order valence-electron chi connectivity index (χ0n) is 16.5. The third kappa shape index (κ3) is 6.91. The minimum atomic E-state index is 0. The normalized spacial score (nSPS) is 21.3. The first kappa shape index (κ1) is 22.4. The number of aliphatic hydroxyl groups is 1. The average Bonchev–Trinajstić information content (AvgIpc) is 3.32. The molecule has 27 heavy (non-hydrogen) atoms. The smallest absolute Gasteiger partial charge is 0.191 e. The van der Waals surface area contributed by atoms with E-state index in [0.29, 0.717) is 12.6 Å². The number of aliphatic imine (C=N–C) groups is 1. The van der Waals surface area contributed by atoms with Crippen molar-refractivity contribution in [2.45, 2.75) is 58.2 Å².